The summed E-state index contributed by atoms with van der Waals surface area (Å²) >= 11 is 7.25. The molecule has 1 aromatic rings. The molecule has 1 amide bonds. The molecule has 6 heteroatoms. The van der Waals surface area contributed by atoms with Crippen LogP contribution in [-0.4, -0.2) is 48.4 Å². The van der Waals surface area contributed by atoms with Gasteiger partial charge in [0, 0.05) is 19.5 Å². The number of thiazole rings is 1. The van der Waals surface area contributed by atoms with Crippen LogP contribution in [0.5, 0.6) is 0 Å². The van der Waals surface area contributed by atoms with E-state index in [0.717, 1.165) is 10.7 Å². The van der Waals surface area contributed by atoms with Crippen molar-refractivity contribution in [1.82, 2.24) is 14.8 Å². The third-order valence-electron chi connectivity index (χ3n) is 2.05. The smallest absolute Gasteiger partial charge is 0.236 e. The second-order valence-corrected chi connectivity index (χ2v) is 5.04. The summed E-state index contributed by atoms with van der Waals surface area (Å²) in [6.45, 7) is 1.09. The van der Waals surface area contributed by atoms with E-state index in [1.54, 1.807) is 30.3 Å². The maximum Gasteiger partial charge on any atom is 0.236 e. The molecular weight excluding hydrogens is 246 g/mol. The van der Waals surface area contributed by atoms with Gasteiger partial charge in [-0.15, -0.1) is 22.9 Å². The number of alkyl halides is 1. The molecule has 0 fully saturated rings. The predicted molar refractivity (Wildman–Crippen MR) is 66.7 cm³/mol. The van der Waals surface area contributed by atoms with Gasteiger partial charge in [0.15, 0.2) is 0 Å². The van der Waals surface area contributed by atoms with E-state index in [0.29, 0.717) is 19.0 Å². The molecule has 0 aliphatic rings. The van der Waals surface area contributed by atoms with Crippen molar-refractivity contribution in [2.75, 3.05) is 27.7 Å². The summed E-state index contributed by atoms with van der Waals surface area (Å²) in [5.74, 6) is 0.535. The van der Waals surface area contributed by atoms with Crippen molar-refractivity contribution in [3.05, 3.63) is 16.1 Å². The van der Waals surface area contributed by atoms with E-state index in [1.165, 1.54) is 0 Å². The van der Waals surface area contributed by atoms with Crippen molar-refractivity contribution in [3.8, 4) is 0 Å². The first-order valence-corrected chi connectivity index (χ1v) is 6.32. The van der Waals surface area contributed by atoms with Gasteiger partial charge in [-0.1, -0.05) is 0 Å². The highest BCUT2D eigenvalue weighted by atomic mass is 35.5. The van der Waals surface area contributed by atoms with Gasteiger partial charge in [-0.3, -0.25) is 9.69 Å². The number of carbonyl (C=O) groups is 1. The van der Waals surface area contributed by atoms with E-state index in [4.69, 9.17) is 11.6 Å². The maximum absolute atomic E-state index is 11.5. The Morgan fingerprint density at radius 3 is 2.69 bits per heavy atom. The van der Waals surface area contributed by atoms with Crippen molar-refractivity contribution in [1.29, 1.82) is 0 Å². The molecule has 0 aromatic carbocycles. The van der Waals surface area contributed by atoms with Crippen molar-refractivity contribution in [2.45, 2.75) is 12.4 Å². The Kier molecular flexibility index (Phi) is 5.18. The lowest BCUT2D eigenvalue weighted by Crippen LogP contribution is -2.34. The Hall–Kier alpha value is -0.650. The van der Waals surface area contributed by atoms with Crippen LogP contribution in [0.3, 0.4) is 0 Å². The summed E-state index contributed by atoms with van der Waals surface area (Å²) in [6, 6.07) is 0. The minimum absolute atomic E-state index is 0.0941. The highest BCUT2D eigenvalue weighted by molar-refractivity contribution is 7.09. The monoisotopic (exact) mass is 261 g/mol. The van der Waals surface area contributed by atoms with Crippen LogP contribution in [0.2, 0.25) is 0 Å². The third kappa shape index (κ3) is 4.08. The van der Waals surface area contributed by atoms with Crippen LogP contribution in [0.15, 0.2) is 5.38 Å². The second-order valence-electron chi connectivity index (χ2n) is 3.83. The molecule has 1 aromatic heterocycles. The number of likely N-dealkylation sites (N-methyl/N-ethyl adjacent to an activating group) is 2. The summed E-state index contributed by atoms with van der Waals surface area (Å²) < 4.78 is 0. The van der Waals surface area contributed by atoms with E-state index < -0.39 is 0 Å². The third-order valence-corrected chi connectivity index (χ3v) is 3.20. The molecule has 0 radical (unpaired) electrons. The molecule has 90 valence electrons. The first-order valence-electron chi connectivity index (χ1n) is 4.91. The standard InChI is InChI=1S/C10H16ClN3OS/c1-13(2)10(15)6-14(3)5-9-12-8(4-11)7-16-9/h7H,4-6H2,1-3H3. The van der Waals surface area contributed by atoms with E-state index in [-0.39, 0.29) is 5.91 Å². The molecule has 1 heterocycles. The zero-order valence-corrected chi connectivity index (χ0v) is 11.3. The lowest BCUT2D eigenvalue weighted by Gasteiger charge is -2.17. The molecule has 0 aliphatic carbocycles. The quantitative estimate of drug-likeness (QED) is 0.752. The van der Waals surface area contributed by atoms with Crippen LogP contribution in [0.25, 0.3) is 0 Å². The molecule has 16 heavy (non-hydrogen) atoms. The highest BCUT2D eigenvalue weighted by Gasteiger charge is 2.10. The number of aromatic nitrogens is 1. The van der Waals surface area contributed by atoms with Crippen molar-refractivity contribution in [2.24, 2.45) is 0 Å². The number of carbonyl (C=O) groups excluding carboxylic acids is 1. The molecule has 0 aliphatic heterocycles. The summed E-state index contributed by atoms with van der Waals surface area (Å²) in [5.41, 5.74) is 0.897. The average Bonchev–Trinajstić information content (AvgIpc) is 2.65. The van der Waals surface area contributed by atoms with Crippen LogP contribution in [-0.2, 0) is 17.2 Å². The molecule has 1 rings (SSSR count). The summed E-state index contributed by atoms with van der Waals surface area (Å²) in [6.07, 6.45) is 0. The SMILES string of the molecule is CN(CC(=O)N(C)C)Cc1nc(CCl)cs1. The lowest BCUT2D eigenvalue weighted by atomic mass is 10.4. The fraction of sp³-hybridized carbons (Fsp3) is 0.600. The van der Waals surface area contributed by atoms with E-state index in [2.05, 4.69) is 4.98 Å². The van der Waals surface area contributed by atoms with Gasteiger partial charge in [-0.05, 0) is 7.05 Å². The Balaban J connectivity index is 2.45. The van der Waals surface area contributed by atoms with Crippen LogP contribution < -0.4 is 0 Å². The molecule has 0 saturated carbocycles. The molecule has 0 atom stereocenters. The van der Waals surface area contributed by atoms with Gasteiger partial charge >= 0.3 is 0 Å². The number of nitrogens with zero attached hydrogens (tertiary/aromatic N) is 3. The zero-order valence-electron chi connectivity index (χ0n) is 9.73. The average molecular weight is 262 g/mol. The van der Waals surface area contributed by atoms with Gasteiger partial charge in [-0.25, -0.2) is 4.98 Å². The Morgan fingerprint density at radius 1 is 1.50 bits per heavy atom. The van der Waals surface area contributed by atoms with Gasteiger partial charge in [0.25, 0.3) is 0 Å². The first-order chi connectivity index (χ1) is 7.52. The van der Waals surface area contributed by atoms with Crippen molar-refractivity contribution < 1.29 is 4.79 Å². The largest absolute Gasteiger partial charge is 0.348 e. The highest BCUT2D eigenvalue weighted by Crippen LogP contribution is 2.13. The number of hydrogen-bond donors (Lipinski definition) is 0. The predicted octanol–water partition coefficient (Wildman–Crippen LogP) is 1.40. The van der Waals surface area contributed by atoms with Gasteiger partial charge in [-0.2, -0.15) is 0 Å². The second kappa shape index (κ2) is 6.18. The van der Waals surface area contributed by atoms with Crippen LogP contribution >= 0.6 is 22.9 Å². The first kappa shape index (κ1) is 13.4. The zero-order chi connectivity index (χ0) is 12.1. The fourth-order valence-corrected chi connectivity index (χ4v) is 2.24. The number of halogens is 1. The minimum atomic E-state index is 0.0941. The van der Waals surface area contributed by atoms with Gasteiger partial charge in [0.05, 0.1) is 24.7 Å². The normalized spacial score (nSPS) is 10.8. The van der Waals surface area contributed by atoms with Gasteiger partial charge in [0.2, 0.25) is 5.91 Å². The van der Waals surface area contributed by atoms with Gasteiger partial charge in [0.1, 0.15) is 5.01 Å². The van der Waals surface area contributed by atoms with Gasteiger partial charge < -0.3 is 4.90 Å². The number of amides is 1. The fourth-order valence-electron chi connectivity index (χ4n) is 1.14. The molecule has 0 bridgehead atoms. The number of rotatable bonds is 5. The van der Waals surface area contributed by atoms with Crippen molar-refractivity contribution >= 4 is 28.8 Å². The molecule has 0 saturated heterocycles. The summed E-state index contributed by atoms with van der Waals surface area (Å²) in [5, 5.41) is 2.94. The van der Waals surface area contributed by atoms with Crippen LogP contribution in [0.1, 0.15) is 10.7 Å². The molecule has 0 unspecified atom stereocenters. The maximum atomic E-state index is 11.5. The van der Waals surface area contributed by atoms with E-state index in [9.17, 15) is 4.79 Å². The van der Waals surface area contributed by atoms with Crippen LogP contribution in [0, 0.1) is 0 Å². The molecular formula is C10H16ClN3OS. The van der Waals surface area contributed by atoms with Crippen molar-refractivity contribution in [3.63, 3.8) is 0 Å². The topological polar surface area (TPSA) is 36.4 Å². The summed E-state index contributed by atoms with van der Waals surface area (Å²) in [7, 11) is 5.42. The molecule has 4 nitrogen and oxygen atoms in total. The Bertz CT molecular complexity index is 354. The Morgan fingerprint density at radius 2 is 2.19 bits per heavy atom. The Labute approximate surface area is 105 Å². The molecule has 0 N–H and O–H groups in total. The minimum Gasteiger partial charge on any atom is -0.348 e. The number of hydrogen-bond acceptors (Lipinski definition) is 4. The lowest BCUT2D eigenvalue weighted by molar-refractivity contribution is -0.129. The molecule has 0 spiro atoms. The van der Waals surface area contributed by atoms with E-state index >= 15 is 0 Å². The van der Waals surface area contributed by atoms with E-state index in [1.807, 2.05) is 17.3 Å². The van der Waals surface area contributed by atoms with Crippen LogP contribution in [0.4, 0.5) is 0 Å². The summed E-state index contributed by atoms with van der Waals surface area (Å²) in [4.78, 5) is 19.3.